The molecule has 1 aliphatic rings. The molecule has 2 amide bonds. The minimum absolute atomic E-state index is 0.0733. The Morgan fingerprint density at radius 2 is 1.67 bits per heavy atom. The number of nitrogens with zero attached hydrogens (tertiary/aromatic N) is 3. The van der Waals surface area contributed by atoms with Gasteiger partial charge in [0.2, 0.25) is 5.95 Å². The molecular formula is C20H25Cl3N6O. The van der Waals surface area contributed by atoms with Crippen molar-refractivity contribution >= 4 is 58.3 Å². The maximum Gasteiger partial charge on any atom is 0.319 e. The van der Waals surface area contributed by atoms with E-state index in [1.807, 2.05) is 32.1 Å². The highest BCUT2D eigenvalue weighted by atomic mass is 35.5. The molecule has 162 valence electrons. The second-order valence-electron chi connectivity index (χ2n) is 7.63. The van der Waals surface area contributed by atoms with Gasteiger partial charge in [0, 0.05) is 43.0 Å². The number of halogens is 3. The van der Waals surface area contributed by atoms with Crippen LogP contribution in [0.2, 0.25) is 15.1 Å². The number of aromatic nitrogens is 2. The number of benzene rings is 1. The van der Waals surface area contributed by atoms with Crippen LogP contribution in [0, 0.1) is 6.92 Å². The van der Waals surface area contributed by atoms with Crippen molar-refractivity contribution in [1.29, 1.82) is 0 Å². The third-order valence-electron chi connectivity index (χ3n) is 5.01. The average molecular weight is 472 g/mol. The highest BCUT2D eigenvalue weighted by molar-refractivity contribution is 6.42. The first-order valence-corrected chi connectivity index (χ1v) is 10.9. The lowest BCUT2D eigenvalue weighted by Gasteiger charge is -2.30. The fourth-order valence-electron chi connectivity index (χ4n) is 3.52. The van der Waals surface area contributed by atoms with Gasteiger partial charge in [0.25, 0.3) is 0 Å². The van der Waals surface area contributed by atoms with Crippen LogP contribution < -0.4 is 20.9 Å². The van der Waals surface area contributed by atoms with Crippen molar-refractivity contribution in [3.05, 3.63) is 39.0 Å². The molecule has 0 aliphatic heterocycles. The van der Waals surface area contributed by atoms with Crippen molar-refractivity contribution in [3.63, 3.8) is 0 Å². The lowest BCUT2D eigenvalue weighted by molar-refractivity contribution is 0.243. The van der Waals surface area contributed by atoms with E-state index in [0.717, 1.165) is 37.1 Å². The summed E-state index contributed by atoms with van der Waals surface area (Å²) in [5.41, 5.74) is 1.38. The number of urea groups is 1. The molecule has 1 fully saturated rings. The van der Waals surface area contributed by atoms with Crippen molar-refractivity contribution in [3.8, 4) is 0 Å². The Bertz CT molecular complexity index is 892. The standard InChI is InChI=1S/C20H25Cl3N6O/c1-11-10-24-19(28-18(11)29(2)3)25-13-4-6-14(7-5-13)26-20(30)27-17-15(22)8-12(21)9-16(17)23/h8-10,13-14H,4-7H2,1-3H3,(H,24,25,28)(H2,26,27,30). The molecule has 0 spiro atoms. The molecular weight excluding hydrogens is 447 g/mol. The number of hydrogen-bond acceptors (Lipinski definition) is 5. The van der Waals surface area contributed by atoms with Crippen LogP contribution >= 0.6 is 34.8 Å². The first-order chi connectivity index (χ1) is 14.2. The molecule has 10 heteroatoms. The van der Waals surface area contributed by atoms with Crippen molar-refractivity contribution in [1.82, 2.24) is 15.3 Å². The zero-order chi connectivity index (χ0) is 21.8. The van der Waals surface area contributed by atoms with Crippen LogP contribution in [0.25, 0.3) is 0 Å². The molecule has 1 aromatic carbocycles. The average Bonchev–Trinajstić information content (AvgIpc) is 2.67. The number of carbonyl (C=O) groups excluding carboxylic acids is 1. The fraction of sp³-hybridized carbons (Fsp3) is 0.450. The molecule has 1 heterocycles. The van der Waals surface area contributed by atoms with E-state index in [1.54, 1.807) is 0 Å². The summed E-state index contributed by atoms with van der Waals surface area (Å²) < 4.78 is 0. The van der Waals surface area contributed by atoms with Crippen LogP contribution in [0.1, 0.15) is 31.2 Å². The van der Waals surface area contributed by atoms with Crippen LogP contribution in [0.5, 0.6) is 0 Å². The molecule has 1 aromatic heterocycles. The van der Waals surface area contributed by atoms with Crippen LogP contribution in [-0.4, -0.2) is 42.2 Å². The summed E-state index contributed by atoms with van der Waals surface area (Å²) in [6.07, 6.45) is 5.33. The summed E-state index contributed by atoms with van der Waals surface area (Å²) in [7, 11) is 3.93. The maximum atomic E-state index is 12.4. The molecule has 3 N–H and O–H groups in total. The van der Waals surface area contributed by atoms with Gasteiger partial charge < -0.3 is 20.9 Å². The first-order valence-electron chi connectivity index (χ1n) is 9.72. The molecule has 7 nitrogen and oxygen atoms in total. The molecule has 2 aromatic rings. The number of hydrogen-bond donors (Lipinski definition) is 3. The zero-order valence-corrected chi connectivity index (χ0v) is 19.4. The molecule has 1 saturated carbocycles. The van der Waals surface area contributed by atoms with E-state index in [1.165, 1.54) is 12.1 Å². The van der Waals surface area contributed by atoms with E-state index in [9.17, 15) is 4.79 Å². The fourth-order valence-corrected chi connectivity index (χ4v) is 4.43. The van der Waals surface area contributed by atoms with Gasteiger partial charge in [0.05, 0.1) is 15.7 Å². The van der Waals surface area contributed by atoms with Crippen molar-refractivity contribution in [2.45, 2.75) is 44.7 Å². The second-order valence-corrected chi connectivity index (χ2v) is 8.88. The molecule has 1 aliphatic carbocycles. The van der Waals surface area contributed by atoms with Crippen molar-refractivity contribution in [2.75, 3.05) is 29.6 Å². The number of carbonyl (C=O) groups is 1. The summed E-state index contributed by atoms with van der Waals surface area (Å²) in [6.45, 7) is 1.99. The van der Waals surface area contributed by atoms with Crippen LogP contribution in [0.15, 0.2) is 18.3 Å². The first kappa shape index (κ1) is 22.7. The molecule has 0 unspecified atom stereocenters. The van der Waals surface area contributed by atoms with E-state index in [0.29, 0.717) is 26.7 Å². The Morgan fingerprint density at radius 1 is 1.07 bits per heavy atom. The third-order valence-corrected chi connectivity index (χ3v) is 5.82. The van der Waals surface area contributed by atoms with Gasteiger partial charge in [-0.3, -0.25) is 0 Å². The van der Waals surface area contributed by atoms with Gasteiger partial charge in [0.1, 0.15) is 5.82 Å². The monoisotopic (exact) mass is 470 g/mol. The summed E-state index contributed by atoms with van der Waals surface area (Å²) in [6, 6.07) is 3.08. The molecule has 0 bridgehead atoms. The van der Waals surface area contributed by atoms with Gasteiger partial charge >= 0.3 is 6.03 Å². The summed E-state index contributed by atoms with van der Waals surface area (Å²) in [5.74, 6) is 1.53. The maximum absolute atomic E-state index is 12.4. The lowest BCUT2D eigenvalue weighted by atomic mass is 9.91. The number of nitrogens with one attached hydrogen (secondary N) is 3. The van der Waals surface area contributed by atoms with Crippen LogP contribution in [0.3, 0.4) is 0 Å². The van der Waals surface area contributed by atoms with E-state index < -0.39 is 0 Å². The van der Waals surface area contributed by atoms with Gasteiger partial charge in [-0.2, -0.15) is 4.98 Å². The molecule has 0 radical (unpaired) electrons. The Kier molecular flexibility index (Phi) is 7.50. The highest BCUT2D eigenvalue weighted by Crippen LogP contribution is 2.33. The molecule has 3 rings (SSSR count). The number of anilines is 3. The van der Waals surface area contributed by atoms with Crippen molar-refractivity contribution in [2.24, 2.45) is 0 Å². The highest BCUT2D eigenvalue weighted by Gasteiger charge is 2.23. The minimum atomic E-state index is -0.338. The van der Waals surface area contributed by atoms with Crippen LogP contribution in [-0.2, 0) is 0 Å². The van der Waals surface area contributed by atoms with Crippen molar-refractivity contribution < 1.29 is 4.79 Å². The Morgan fingerprint density at radius 3 is 2.27 bits per heavy atom. The largest absolute Gasteiger partial charge is 0.362 e. The Balaban J connectivity index is 1.50. The van der Waals surface area contributed by atoms with E-state index >= 15 is 0 Å². The smallest absolute Gasteiger partial charge is 0.319 e. The summed E-state index contributed by atoms with van der Waals surface area (Å²) in [4.78, 5) is 23.3. The quantitative estimate of drug-likeness (QED) is 0.547. The predicted octanol–water partition coefficient (Wildman–Crippen LogP) is 5.36. The topological polar surface area (TPSA) is 82.2 Å². The Hall–Kier alpha value is -1.96. The van der Waals surface area contributed by atoms with E-state index in [-0.39, 0.29) is 18.1 Å². The lowest BCUT2D eigenvalue weighted by Crippen LogP contribution is -2.42. The summed E-state index contributed by atoms with van der Waals surface area (Å²) >= 11 is 18.2. The van der Waals surface area contributed by atoms with Crippen LogP contribution in [0.4, 0.5) is 22.2 Å². The molecule has 0 atom stereocenters. The summed E-state index contributed by atoms with van der Waals surface area (Å²) in [5, 5.41) is 10.1. The number of aryl methyl sites for hydroxylation is 1. The van der Waals surface area contributed by atoms with Gasteiger partial charge in [-0.05, 0) is 44.7 Å². The van der Waals surface area contributed by atoms with Gasteiger partial charge in [-0.25, -0.2) is 9.78 Å². The minimum Gasteiger partial charge on any atom is -0.362 e. The number of amides is 2. The number of rotatable bonds is 5. The SMILES string of the molecule is Cc1cnc(NC2CCC(NC(=O)Nc3c(Cl)cc(Cl)cc3Cl)CC2)nc1N(C)C. The van der Waals surface area contributed by atoms with Gasteiger partial charge in [-0.15, -0.1) is 0 Å². The normalized spacial score (nSPS) is 18.6. The second kappa shape index (κ2) is 9.90. The zero-order valence-electron chi connectivity index (χ0n) is 17.1. The molecule has 0 saturated heterocycles. The third kappa shape index (κ3) is 5.80. The van der Waals surface area contributed by atoms with Gasteiger partial charge in [0.15, 0.2) is 0 Å². The Labute approximate surface area is 191 Å². The van der Waals surface area contributed by atoms with E-state index in [2.05, 4.69) is 25.9 Å². The van der Waals surface area contributed by atoms with Gasteiger partial charge in [-0.1, -0.05) is 34.8 Å². The van der Waals surface area contributed by atoms with E-state index in [4.69, 9.17) is 34.8 Å². The molecule has 30 heavy (non-hydrogen) atoms. The predicted molar refractivity (Wildman–Crippen MR) is 124 cm³/mol.